The molecule has 87 heavy (non-hydrogen) atoms. The van der Waals surface area contributed by atoms with Crippen LogP contribution in [0.5, 0.6) is 0 Å². The van der Waals surface area contributed by atoms with Gasteiger partial charge in [-0.1, -0.05) is 305 Å². The Morgan fingerprint density at radius 1 is 0.402 bits per heavy atom. The molecule has 0 radical (unpaired) electrons. The van der Waals surface area contributed by atoms with Gasteiger partial charge in [0.2, 0.25) is 5.91 Å². The Morgan fingerprint density at radius 3 is 1.07 bits per heavy atom. The molecule has 0 aliphatic rings. The van der Waals surface area contributed by atoms with Crippen molar-refractivity contribution < 1.29 is 37.3 Å². The van der Waals surface area contributed by atoms with Gasteiger partial charge in [-0.25, -0.2) is 0 Å². The summed E-state index contributed by atoms with van der Waals surface area (Å²) in [4.78, 5) is 40.3. The number of quaternary nitrogens is 1. The van der Waals surface area contributed by atoms with Crippen LogP contribution in [0, 0.1) is 0 Å². The zero-order chi connectivity index (χ0) is 63.5. The number of nitrogens with one attached hydrogen (secondary N) is 1. The fourth-order valence-corrected chi connectivity index (χ4v) is 11.3. The highest BCUT2D eigenvalue weighted by Gasteiger charge is 2.27. The molecule has 0 aliphatic heterocycles. The van der Waals surface area contributed by atoms with Crippen molar-refractivity contribution in [3.8, 4) is 0 Å². The van der Waals surface area contributed by atoms with E-state index in [1.807, 2.05) is 33.3 Å². The summed E-state index contributed by atoms with van der Waals surface area (Å²) < 4.78 is 30.5. The van der Waals surface area contributed by atoms with Gasteiger partial charge in [-0.05, 0) is 109 Å². The van der Waals surface area contributed by atoms with Crippen molar-refractivity contribution in [1.82, 2.24) is 5.32 Å². The normalized spacial score (nSPS) is 14.0. The number of likely N-dealkylation sites (N-methyl/N-ethyl adjacent to an activating group) is 1. The standard InChI is InChI=1S/C77H141N2O7P/c1-7-10-13-16-19-22-25-28-30-32-34-36-37-38-39-40-41-43-44-46-48-51-54-57-60-63-66-69-76(80)78-74(73-85-87(82,83)84-72-71-79(4,5)6)75(68-65-62-59-56-53-50-27-24-21-18-15-12-9-3)86-77(81)70-67-64-61-58-55-52-49-47-45-42-35-33-31-29-26-23-20-17-14-11-8-2/h19-20,22-23,28-31,34-36,42,65,68,74-75H,7-18,21,24-27,32-33,37-41,43-64,66-67,69-73H2,1-6H3,(H-,78,80,82,83)/b22-19-,23-20-,30-28-,31-29-,36-34-,42-35-,68-65-. The lowest BCUT2D eigenvalue weighted by atomic mass is 10.0. The van der Waals surface area contributed by atoms with E-state index in [9.17, 15) is 19.0 Å². The van der Waals surface area contributed by atoms with Gasteiger partial charge in [-0.3, -0.25) is 14.2 Å². The maximum absolute atomic E-state index is 13.6. The molecule has 3 atom stereocenters. The van der Waals surface area contributed by atoms with Crippen molar-refractivity contribution in [1.29, 1.82) is 0 Å². The second-order valence-corrected chi connectivity index (χ2v) is 27.5. The highest BCUT2D eigenvalue weighted by atomic mass is 31.2. The Balaban J connectivity index is 5.06. The molecule has 10 heteroatoms. The summed E-state index contributed by atoms with van der Waals surface area (Å²) in [5, 5.41) is 3.05. The summed E-state index contributed by atoms with van der Waals surface area (Å²) in [6.07, 6.45) is 88.4. The fourth-order valence-electron chi connectivity index (χ4n) is 10.6. The van der Waals surface area contributed by atoms with E-state index in [0.717, 1.165) is 96.3 Å². The number of carbonyl (C=O) groups is 2. The van der Waals surface area contributed by atoms with Crippen LogP contribution in [0.4, 0.5) is 0 Å². The lowest BCUT2D eigenvalue weighted by molar-refractivity contribution is -0.870. The Kier molecular flexibility index (Phi) is 64.0. The zero-order valence-corrected chi connectivity index (χ0v) is 58.9. The number of nitrogens with zero attached hydrogens (tertiary/aromatic N) is 1. The van der Waals surface area contributed by atoms with Crippen LogP contribution in [0.25, 0.3) is 0 Å². The fraction of sp³-hybridized carbons (Fsp3) is 0.792. The molecule has 0 spiro atoms. The molecule has 0 rings (SSSR count). The van der Waals surface area contributed by atoms with Crippen LogP contribution in [0.2, 0.25) is 0 Å². The largest absolute Gasteiger partial charge is 0.756 e. The van der Waals surface area contributed by atoms with E-state index < -0.39 is 26.6 Å². The van der Waals surface area contributed by atoms with E-state index in [4.69, 9.17) is 13.8 Å². The zero-order valence-electron chi connectivity index (χ0n) is 58.0. The van der Waals surface area contributed by atoms with Crippen molar-refractivity contribution in [3.05, 3.63) is 85.1 Å². The number of unbranched alkanes of at least 4 members (excludes halogenated alkanes) is 39. The molecule has 0 saturated carbocycles. The van der Waals surface area contributed by atoms with Crippen LogP contribution in [-0.2, 0) is 27.9 Å². The van der Waals surface area contributed by atoms with Crippen molar-refractivity contribution in [2.75, 3.05) is 40.9 Å². The Labute approximate surface area is 539 Å². The number of hydrogen-bond donors (Lipinski definition) is 1. The first-order chi connectivity index (χ1) is 42.4. The van der Waals surface area contributed by atoms with Gasteiger partial charge in [0.25, 0.3) is 7.82 Å². The number of phosphoric acid groups is 1. The minimum absolute atomic E-state index is 0.0256. The number of phosphoric ester groups is 1. The predicted octanol–water partition coefficient (Wildman–Crippen LogP) is 23.0. The molecule has 3 unspecified atom stereocenters. The quantitative estimate of drug-likeness (QED) is 0.0212. The van der Waals surface area contributed by atoms with E-state index in [1.165, 1.54) is 212 Å². The molecule has 1 N–H and O–H groups in total. The Hall–Kier alpha value is -2.81. The summed E-state index contributed by atoms with van der Waals surface area (Å²) in [6, 6.07) is -0.896. The third kappa shape index (κ3) is 67.4. The lowest BCUT2D eigenvalue weighted by Gasteiger charge is -2.30. The minimum atomic E-state index is -4.71. The number of rotatable bonds is 67. The molecule has 1 amide bonds. The van der Waals surface area contributed by atoms with Gasteiger partial charge in [0.1, 0.15) is 19.3 Å². The molecule has 0 aliphatic carbocycles. The van der Waals surface area contributed by atoms with Crippen LogP contribution >= 0.6 is 7.82 Å². The maximum atomic E-state index is 13.6. The van der Waals surface area contributed by atoms with E-state index in [2.05, 4.69) is 99.0 Å². The molecule has 0 aromatic carbocycles. The van der Waals surface area contributed by atoms with Gasteiger partial charge in [-0.2, -0.15) is 0 Å². The topological polar surface area (TPSA) is 114 Å². The molecular weight excluding hydrogens is 1100 g/mol. The summed E-state index contributed by atoms with van der Waals surface area (Å²) in [5.74, 6) is -0.541. The van der Waals surface area contributed by atoms with Crippen LogP contribution in [0.3, 0.4) is 0 Å². The Bertz CT molecular complexity index is 1760. The molecule has 0 fully saturated rings. The van der Waals surface area contributed by atoms with Crippen molar-refractivity contribution in [3.63, 3.8) is 0 Å². The molecule has 0 heterocycles. The second kappa shape index (κ2) is 66.1. The van der Waals surface area contributed by atoms with Crippen LogP contribution in [-0.4, -0.2) is 69.4 Å². The number of hydrogen-bond acceptors (Lipinski definition) is 7. The van der Waals surface area contributed by atoms with Gasteiger partial charge in [0.05, 0.1) is 33.8 Å². The number of esters is 1. The smallest absolute Gasteiger partial charge is 0.306 e. The van der Waals surface area contributed by atoms with E-state index in [1.54, 1.807) is 0 Å². The number of amides is 1. The van der Waals surface area contributed by atoms with Crippen molar-refractivity contribution in [2.24, 2.45) is 0 Å². The van der Waals surface area contributed by atoms with Crippen LogP contribution in [0.15, 0.2) is 85.1 Å². The molecule has 0 saturated heterocycles. The third-order valence-corrected chi connectivity index (χ3v) is 17.3. The Morgan fingerprint density at radius 2 is 0.701 bits per heavy atom. The number of carbonyl (C=O) groups excluding carboxylic acids is 2. The monoisotopic (exact) mass is 1240 g/mol. The molecule has 0 aromatic rings. The summed E-state index contributed by atoms with van der Waals surface area (Å²) in [6.45, 7) is 6.82. The summed E-state index contributed by atoms with van der Waals surface area (Å²) >= 11 is 0. The molecule has 9 nitrogen and oxygen atoms in total. The average Bonchev–Trinajstić information content (AvgIpc) is 3.69. The first kappa shape index (κ1) is 84.2. The SMILES string of the molecule is CCCCC/C=C\C/C=C\C/C=C\CCCCCCCCCCCCCCCCC(=O)NC(COP(=O)([O-])OCC[N+](C)(C)C)C(/C=C\CCCCCCCCCCCCC)OC(=O)CCCCCCCCCC/C=C\C/C=C\C/C=C\CCCCC. The lowest BCUT2D eigenvalue weighted by Crippen LogP contribution is -2.47. The predicted molar refractivity (Wildman–Crippen MR) is 376 cm³/mol. The van der Waals surface area contributed by atoms with Gasteiger partial charge in [0, 0.05) is 12.8 Å². The molecule has 0 aromatic heterocycles. The van der Waals surface area contributed by atoms with Crippen LogP contribution in [0.1, 0.15) is 342 Å². The first-order valence-corrected chi connectivity index (χ1v) is 38.4. The van der Waals surface area contributed by atoms with Gasteiger partial charge < -0.3 is 28.5 Å². The molecular formula is C77H141N2O7P. The van der Waals surface area contributed by atoms with Crippen LogP contribution < -0.4 is 10.2 Å². The molecule has 506 valence electrons. The van der Waals surface area contributed by atoms with Crippen molar-refractivity contribution >= 4 is 19.7 Å². The van der Waals surface area contributed by atoms with E-state index in [0.29, 0.717) is 17.4 Å². The average molecular weight is 1240 g/mol. The highest BCUT2D eigenvalue weighted by Crippen LogP contribution is 2.38. The third-order valence-electron chi connectivity index (χ3n) is 16.3. The number of ether oxygens (including phenoxy) is 1. The first-order valence-electron chi connectivity index (χ1n) is 36.9. The minimum Gasteiger partial charge on any atom is -0.756 e. The summed E-state index contributed by atoms with van der Waals surface area (Å²) in [5.41, 5.74) is 0. The maximum Gasteiger partial charge on any atom is 0.306 e. The second-order valence-electron chi connectivity index (χ2n) is 26.1. The molecule has 0 bridgehead atoms. The number of allylic oxidation sites excluding steroid dienone is 13. The van der Waals surface area contributed by atoms with E-state index >= 15 is 0 Å². The van der Waals surface area contributed by atoms with E-state index in [-0.39, 0.29) is 24.9 Å². The van der Waals surface area contributed by atoms with Crippen molar-refractivity contribution in [2.45, 2.75) is 354 Å². The van der Waals surface area contributed by atoms with Gasteiger partial charge >= 0.3 is 5.97 Å². The van der Waals surface area contributed by atoms with Gasteiger partial charge in [-0.15, -0.1) is 0 Å². The summed E-state index contributed by atoms with van der Waals surface area (Å²) in [7, 11) is 1.18. The van der Waals surface area contributed by atoms with Gasteiger partial charge in [0.15, 0.2) is 0 Å². The highest BCUT2D eigenvalue weighted by molar-refractivity contribution is 7.45.